The van der Waals surface area contributed by atoms with Crippen molar-refractivity contribution < 1.29 is 41.7 Å². The second kappa shape index (κ2) is 13.0. The molecule has 1 heterocycles. The molecule has 10 heteroatoms. The van der Waals surface area contributed by atoms with Crippen LogP contribution in [0.5, 0.6) is 0 Å². The number of aliphatic hydroxyl groups excluding tert-OH is 1. The lowest BCUT2D eigenvalue weighted by Gasteiger charge is -2.30. The van der Waals surface area contributed by atoms with Crippen molar-refractivity contribution >= 4 is 7.60 Å². The molecular formula is C25H33F2O7P. The van der Waals surface area contributed by atoms with E-state index in [2.05, 4.69) is 0 Å². The van der Waals surface area contributed by atoms with Crippen LogP contribution >= 0.6 is 7.60 Å². The van der Waals surface area contributed by atoms with Gasteiger partial charge in [-0.05, 0) is 25.0 Å². The first-order valence-corrected chi connectivity index (χ1v) is 13.2. The fourth-order valence-corrected chi connectivity index (χ4v) is 5.51. The van der Waals surface area contributed by atoms with E-state index in [1.165, 1.54) is 13.8 Å². The summed E-state index contributed by atoms with van der Waals surface area (Å²) in [5.74, 6) is 0. The van der Waals surface area contributed by atoms with Crippen molar-refractivity contribution in [3.8, 4) is 0 Å². The van der Waals surface area contributed by atoms with Gasteiger partial charge in [-0.15, -0.1) is 0 Å². The minimum atomic E-state index is -4.76. The Hall–Kier alpha value is -1.71. The molecule has 194 valence electrons. The minimum Gasteiger partial charge on any atom is -0.394 e. The number of rotatable bonds is 14. The molecule has 1 saturated heterocycles. The van der Waals surface area contributed by atoms with Crippen molar-refractivity contribution in [2.45, 2.75) is 63.6 Å². The van der Waals surface area contributed by atoms with Crippen LogP contribution in [0.25, 0.3) is 0 Å². The molecule has 1 N–H and O–H groups in total. The van der Waals surface area contributed by atoms with Crippen LogP contribution in [0.2, 0.25) is 0 Å². The van der Waals surface area contributed by atoms with Gasteiger partial charge in [0.2, 0.25) is 0 Å². The molecule has 2 aromatic carbocycles. The first-order valence-electron chi connectivity index (χ1n) is 11.7. The zero-order chi connectivity index (χ0) is 25.3. The smallest absolute Gasteiger partial charge is 0.394 e. The molecule has 1 aliphatic heterocycles. The predicted octanol–water partition coefficient (Wildman–Crippen LogP) is 5.17. The third-order valence-corrected chi connectivity index (χ3v) is 7.78. The quantitative estimate of drug-likeness (QED) is 0.349. The molecule has 2 aromatic rings. The second-order valence-corrected chi connectivity index (χ2v) is 10.3. The van der Waals surface area contributed by atoms with Gasteiger partial charge in [0.25, 0.3) is 0 Å². The summed E-state index contributed by atoms with van der Waals surface area (Å²) in [5.41, 5.74) is -2.13. The average molecular weight is 515 g/mol. The van der Waals surface area contributed by atoms with E-state index in [1.807, 2.05) is 60.7 Å². The molecule has 35 heavy (non-hydrogen) atoms. The first kappa shape index (κ1) is 27.9. The third kappa shape index (κ3) is 7.17. The summed E-state index contributed by atoms with van der Waals surface area (Å²) < 4.78 is 71.1. The fraction of sp³-hybridized carbons (Fsp3) is 0.520. The Morgan fingerprint density at radius 3 is 1.74 bits per heavy atom. The Morgan fingerprint density at radius 1 is 0.857 bits per heavy atom. The molecule has 0 amide bonds. The van der Waals surface area contributed by atoms with E-state index in [0.29, 0.717) is 0 Å². The van der Waals surface area contributed by atoms with Gasteiger partial charge in [0.05, 0.1) is 45.6 Å². The summed E-state index contributed by atoms with van der Waals surface area (Å²) in [6, 6.07) is 18.6. The Kier molecular flexibility index (Phi) is 10.4. The van der Waals surface area contributed by atoms with E-state index >= 15 is 8.78 Å². The second-order valence-electron chi connectivity index (χ2n) is 8.12. The number of ether oxygens (including phenoxy) is 3. The molecule has 1 fully saturated rings. The van der Waals surface area contributed by atoms with Crippen LogP contribution in [0.4, 0.5) is 8.78 Å². The summed E-state index contributed by atoms with van der Waals surface area (Å²) in [6.07, 6.45) is -4.90. The molecule has 0 spiro atoms. The molecular weight excluding hydrogens is 481 g/mol. The first-order chi connectivity index (χ1) is 16.8. The summed E-state index contributed by atoms with van der Waals surface area (Å²) in [4.78, 5) is 0. The molecule has 0 radical (unpaired) electrons. The van der Waals surface area contributed by atoms with Gasteiger partial charge in [-0.2, -0.15) is 8.78 Å². The summed E-state index contributed by atoms with van der Waals surface area (Å²) >= 11 is 0. The Balaban J connectivity index is 1.83. The van der Waals surface area contributed by atoms with Crippen LogP contribution in [0.1, 0.15) is 31.4 Å². The lowest BCUT2D eigenvalue weighted by molar-refractivity contribution is -0.0905. The number of alkyl halides is 2. The topological polar surface area (TPSA) is 83.5 Å². The van der Waals surface area contributed by atoms with Crippen molar-refractivity contribution in [1.29, 1.82) is 0 Å². The highest BCUT2D eigenvalue weighted by atomic mass is 31.2. The van der Waals surface area contributed by atoms with Crippen LogP contribution < -0.4 is 0 Å². The van der Waals surface area contributed by atoms with E-state index in [-0.39, 0.29) is 26.4 Å². The number of aliphatic hydroxyl groups is 1. The number of hydrogen-bond donors (Lipinski definition) is 1. The van der Waals surface area contributed by atoms with Crippen LogP contribution in [0.15, 0.2) is 60.7 Å². The van der Waals surface area contributed by atoms with Gasteiger partial charge in [0.15, 0.2) is 0 Å². The summed E-state index contributed by atoms with van der Waals surface area (Å²) in [5, 5.41) is 9.93. The van der Waals surface area contributed by atoms with Crippen LogP contribution in [-0.2, 0) is 41.0 Å². The van der Waals surface area contributed by atoms with Crippen LogP contribution in [-0.4, -0.2) is 55.0 Å². The zero-order valence-corrected chi connectivity index (χ0v) is 20.8. The Labute approximate surface area is 204 Å². The lowest BCUT2D eigenvalue weighted by atomic mass is 10.0. The van der Waals surface area contributed by atoms with Crippen LogP contribution in [0, 0.1) is 0 Å². The predicted molar refractivity (Wildman–Crippen MR) is 126 cm³/mol. The fourth-order valence-electron chi connectivity index (χ4n) is 3.97. The summed E-state index contributed by atoms with van der Waals surface area (Å²) in [6.45, 7) is 2.37. The average Bonchev–Trinajstić information content (AvgIpc) is 3.18. The highest BCUT2D eigenvalue weighted by Crippen LogP contribution is 2.64. The minimum absolute atomic E-state index is 0.120. The number of benzene rings is 2. The Morgan fingerprint density at radius 2 is 1.31 bits per heavy atom. The van der Waals surface area contributed by atoms with Gasteiger partial charge < -0.3 is 28.4 Å². The molecule has 0 bridgehead atoms. The van der Waals surface area contributed by atoms with Crippen molar-refractivity contribution in [2.24, 2.45) is 0 Å². The maximum absolute atomic E-state index is 15.3. The third-order valence-electron chi connectivity index (χ3n) is 5.60. The highest BCUT2D eigenvalue weighted by molar-refractivity contribution is 7.55. The van der Waals surface area contributed by atoms with Crippen LogP contribution in [0.3, 0.4) is 0 Å². The van der Waals surface area contributed by atoms with E-state index in [0.717, 1.165) is 11.1 Å². The number of halogens is 2. The molecule has 0 saturated carbocycles. The van der Waals surface area contributed by atoms with Gasteiger partial charge >= 0.3 is 13.3 Å². The molecule has 3 rings (SSSR count). The standard InChI is InChI=1S/C25H33F2O7P/c1-3-32-35(29,33-4-2)25(26,27)15-21-23(30-17-19-11-7-5-8-12-19)24(22(16-28)34-21)31-18-20-13-9-6-10-14-20/h5-14,21-24,28H,3-4,15-18H2,1-2H3/t21-,22-,23-,24-/m1/s1. The zero-order valence-electron chi connectivity index (χ0n) is 19.9. The van der Waals surface area contributed by atoms with E-state index in [1.54, 1.807) is 0 Å². The van der Waals surface area contributed by atoms with Crippen molar-refractivity contribution in [1.82, 2.24) is 0 Å². The van der Waals surface area contributed by atoms with E-state index in [4.69, 9.17) is 23.3 Å². The van der Waals surface area contributed by atoms with Gasteiger partial charge in [-0.1, -0.05) is 60.7 Å². The molecule has 7 nitrogen and oxygen atoms in total. The van der Waals surface area contributed by atoms with Crippen molar-refractivity contribution in [2.75, 3.05) is 19.8 Å². The monoisotopic (exact) mass is 514 g/mol. The molecule has 4 atom stereocenters. The maximum Gasteiger partial charge on any atom is 0.399 e. The van der Waals surface area contributed by atoms with Gasteiger partial charge in [0, 0.05) is 0 Å². The SMILES string of the molecule is CCOP(=O)(OCC)C(F)(F)C[C@H]1O[C@H](CO)[C@@H](OCc2ccccc2)[C@@H]1OCc1ccccc1. The van der Waals surface area contributed by atoms with Crippen molar-refractivity contribution in [3.05, 3.63) is 71.8 Å². The normalized spacial score (nSPS) is 23.0. The van der Waals surface area contributed by atoms with E-state index < -0.39 is 50.7 Å². The lowest BCUT2D eigenvalue weighted by Crippen LogP contribution is -2.40. The van der Waals surface area contributed by atoms with E-state index in [9.17, 15) is 9.67 Å². The summed E-state index contributed by atoms with van der Waals surface area (Å²) in [7, 11) is -4.76. The number of hydrogen-bond acceptors (Lipinski definition) is 7. The van der Waals surface area contributed by atoms with Gasteiger partial charge in [-0.3, -0.25) is 4.57 Å². The maximum atomic E-state index is 15.3. The van der Waals surface area contributed by atoms with Gasteiger partial charge in [-0.25, -0.2) is 0 Å². The molecule has 0 unspecified atom stereocenters. The van der Waals surface area contributed by atoms with Crippen molar-refractivity contribution in [3.63, 3.8) is 0 Å². The molecule has 1 aliphatic rings. The molecule has 0 aliphatic carbocycles. The highest BCUT2D eigenvalue weighted by Gasteiger charge is 2.58. The largest absolute Gasteiger partial charge is 0.399 e. The molecule has 0 aromatic heterocycles. The van der Waals surface area contributed by atoms with Gasteiger partial charge in [0.1, 0.15) is 18.3 Å². The Bertz CT molecular complexity index is 922.